The number of ether oxygens (including phenoxy) is 2. The highest BCUT2D eigenvalue weighted by Crippen LogP contribution is 2.37. The van der Waals surface area contributed by atoms with Crippen LogP contribution in [0.1, 0.15) is 51.0 Å². The zero-order valence-electron chi connectivity index (χ0n) is 15.7. The van der Waals surface area contributed by atoms with Gasteiger partial charge in [-0.15, -0.1) is 0 Å². The lowest BCUT2D eigenvalue weighted by Crippen LogP contribution is -2.03. The van der Waals surface area contributed by atoms with Gasteiger partial charge in [0.15, 0.2) is 0 Å². The zero-order valence-corrected chi connectivity index (χ0v) is 18.9. The van der Waals surface area contributed by atoms with Gasteiger partial charge in [-0.1, -0.05) is 63.0 Å². The molecule has 0 aliphatic carbocycles. The van der Waals surface area contributed by atoms with E-state index in [1.54, 1.807) is 0 Å². The van der Waals surface area contributed by atoms with E-state index < -0.39 is 0 Å². The van der Waals surface area contributed by atoms with Crippen LogP contribution in [-0.4, -0.2) is 23.9 Å². The lowest BCUT2D eigenvalue weighted by molar-refractivity contribution is 0.301. The smallest absolute Gasteiger partial charge is 0.130 e. The maximum Gasteiger partial charge on any atom is 0.130 e. The Morgan fingerprint density at radius 3 is 2.00 bits per heavy atom. The minimum absolute atomic E-state index is 0.771. The van der Waals surface area contributed by atoms with Crippen molar-refractivity contribution in [1.29, 1.82) is 0 Å². The molecule has 0 radical (unpaired) electrons. The Bertz CT molecular complexity index is 658. The van der Waals surface area contributed by atoms with Crippen molar-refractivity contribution in [2.24, 2.45) is 0 Å². The second kappa shape index (κ2) is 12.6. The molecule has 0 fully saturated rings. The molecule has 0 aliphatic heterocycles. The Labute approximate surface area is 174 Å². The number of fused-ring (bicyclic) bond motifs is 1. The fourth-order valence-electron chi connectivity index (χ4n) is 3.03. The molecule has 2 rings (SSSR count). The summed E-state index contributed by atoms with van der Waals surface area (Å²) in [5.74, 6) is 2.02. The van der Waals surface area contributed by atoms with Crippen molar-refractivity contribution in [3.63, 3.8) is 0 Å². The van der Waals surface area contributed by atoms with E-state index in [4.69, 9.17) is 9.47 Å². The molecule has 0 aromatic heterocycles. The summed E-state index contributed by atoms with van der Waals surface area (Å²) in [6.07, 6.45) is 7.92. The highest BCUT2D eigenvalue weighted by atomic mass is 79.9. The van der Waals surface area contributed by atoms with Crippen molar-refractivity contribution in [2.75, 3.05) is 23.9 Å². The summed E-state index contributed by atoms with van der Waals surface area (Å²) in [6.45, 7) is 3.73. The fraction of sp³-hybridized carbons (Fsp3) is 0.545. The van der Waals surface area contributed by atoms with Crippen LogP contribution < -0.4 is 9.47 Å². The molecule has 2 aromatic carbocycles. The molecule has 0 aliphatic rings. The Hall–Kier alpha value is -0.740. The standard InChI is InChI=1S/C22H30Br2O2/c1-2-18-17-21(25-15-9-3-7-13-23)19-11-5-6-12-20(19)22(18)26-16-10-4-8-14-24/h5-6,11-12,17H,2-4,7-10,13-16H2,1H3. The average Bonchev–Trinajstić information content (AvgIpc) is 2.68. The maximum atomic E-state index is 6.22. The van der Waals surface area contributed by atoms with E-state index in [1.807, 2.05) is 0 Å². The summed E-state index contributed by atoms with van der Waals surface area (Å²) in [5.41, 5.74) is 1.24. The highest BCUT2D eigenvalue weighted by Gasteiger charge is 2.13. The molecule has 0 saturated heterocycles. The number of rotatable bonds is 13. The number of alkyl halides is 2. The summed E-state index contributed by atoms with van der Waals surface area (Å²) in [5, 5.41) is 4.46. The van der Waals surface area contributed by atoms with Crippen molar-refractivity contribution in [1.82, 2.24) is 0 Å². The monoisotopic (exact) mass is 484 g/mol. The molecule has 0 N–H and O–H groups in total. The van der Waals surface area contributed by atoms with Crippen LogP contribution in [0.25, 0.3) is 10.8 Å². The third-order valence-electron chi connectivity index (χ3n) is 4.47. The van der Waals surface area contributed by atoms with Crippen molar-refractivity contribution in [3.05, 3.63) is 35.9 Å². The molecule has 0 heterocycles. The molecule has 0 unspecified atom stereocenters. The lowest BCUT2D eigenvalue weighted by atomic mass is 10.0. The van der Waals surface area contributed by atoms with Crippen LogP contribution in [0.4, 0.5) is 0 Å². The van der Waals surface area contributed by atoms with Crippen LogP contribution in [0, 0.1) is 0 Å². The number of hydrogen-bond donors (Lipinski definition) is 0. The van der Waals surface area contributed by atoms with Crippen LogP contribution in [0.2, 0.25) is 0 Å². The number of unbranched alkanes of at least 4 members (excludes halogenated alkanes) is 4. The molecule has 4 heteroatoms. The number of aryl methyl sites for hydroxylation is 1. The van der Waals surface area contributed by atoms with Crippen LogP contribution >= 0.6 is 31.9 Å². The molecule has 26 heavy (non-hydrogen) atoms. The first-order chi connectivity index (χ1) is 12.8. The van der Waals surface area contributed by atoms with Gasteiger partial charge in [0, 0.05) is 21.4 Å². The van der Waals surface area contributed by atoms with Gasteiger partial charge >= 0.3 is 0 Å². The highest BCUT2D eigenvalue weighted by molar-refractivity contribution is 9.09. The van der Waals surface area contributed by atoms with E-state index in [9.17, 15) is 0 Å². The van der Waals surface area contributed by atoms with Gasteiger partial charge in [-0.2, -0.15) is 0 Å². The Morgan fingerprint density at radius 2 is 1.38 bits per heavy atom. The minimum Gasteiger partial charge on any atom is -0.493 e. The first kappa shape index (κ1) is 21.6. The molecule has 0 atom stereocenters. The molecule has 0 amide bonds. The van der Waals surface area contributed by atoms with E-state index in [0.29, 0.717) is 0 Å². The molecular weight excluding hydrogens is 456 g/mol. The average molecular weight is 486 g/mol. The molecule has 0 bridgehead atoms. The van der Waals surface area contributed by atoms with Crippen molar-refractivity contribution >= 4 is 42.6 Å². The van der Waals surface area contributed by atoms with Crippen molar-refractivity contribution in [3.8, 4) is 11.5 Å². The van der Waals surface area contributed by atoms with Gasteiger partial charge in [-0.25, -0.2) is 0 Å². The molecule has 2 nitrogen and oxygen atoms in total. The van der Waals surface area contributed by atoms with E-state index in [-0.39, 0.29) is 0 Å². The summed E-state index contributed by atoms with van der Waals surface area (Å²) >= 11 is 6.97. The van der Waals surface area contributed by atoms with Crippen LogP contribution in [0.5, 0.6) is 11.5 Å². The molecule has 144 valence electrons. The summed E-state index contributed by atoms with van der Waals surface area (Å²) < 4.78 is 12.4. The second-order valence-corrected chi connectivity index (χ2v) is 8.04. The first-order valence-electron chi connectivity index (χ1n) is 9.74. The fourth-order valence-corrected chi connectivity index (χ4v) is 3.82. The summed E-state index contributed by atoms with van der Waals surface area (Å²) in [6, 6.07) is 10.6. The minimum atomic E-state index is 0.771. The number of halogens is 2. The van der Waals surface area contributed by atoms with E-state index >= 15 is 0 Å². The number of hydrogen-bond acceptors (Lipinski definition) is 2. The topological polar surface area (TPSA) is 18.5 Å². The predicted molar refractivity (Wildman–Crippen MR) is 120 cm³/mol. The van der Waals surface area contributed by atoms with Gasteiger partial charge in [0.1, 0.15) is 11.5 Å². The van der Waals surface area contributed by atoms with Gasteiger partial charge in [0.25, 0.3) is 0 Å². The third kappa shape index (κ3) is 6.45. The quantitative estimate of drug-likeness (QED) is 0.219. The zero-order chi connectivity index (χ0) is 18.6. The SMILES string of the molecule is CCc1cc(OCCCCCBr)c2ccccc2c1OCCCCCBr. The van der Waals surface area contributed by atoms with E-state index in [0.717, 1.165) is 60.0 Å². The van der Waals surface area contributed by atoms with Crippen molar-refractivity contribution in [2.45, 2.75) is 51.9 Å². The Kier molecular flexibility index (Phi) is 10.5. The second-order valence-electron chi connectivity index (χ2n) is 6.46. The van der Waals surface area contributed by atoms with Gasteiger partial charge in [0.2, 0.25) is 0 Å². The third-order valence-corrected chi connectivity index (χ3v) is 5.60. The van der Waals surface area contributed by atoms with Gasteiger partial charge < -0.3 is 9.47 Å². The summed E-state index contributed by atoms with van der Waals surface area (Å²) in [7, 11) is 0. The van der Waals surface area contributed by atoms with Gasteiger partial charge in [0.05, 0.1) is 13.2 Å². The Balaban J connectivity index is 2.14. The normalized spacial score (nSPS) is 11.0. The van der Waals surface area contributed by atoms with Crippen LogP contribution in [0.3, 0.4) is 0 Å². The largest absolute Gasteiger partial charge is 0.493 e. The molecular formula is C22H30Br2O2. The first-order valence-corrected chi connectivity index (χ1v) is 12.0. The Morgan fingerprint density at radius 1 is 0.769 bits per heavy atom. The maximum absolute atomic E-state index is 6.22. The molecule has 2 aromatic rings. The van der Waals surface area contributed by atoms with Gasteiger partial charge in [-0.3, -0.25) is 0 Å². The van der Waals surface area contributed by atoms with E-state index in [2.05, 4.69) is 69.1 Å². The van der Waals surface area contributed by atoms with Crippen LogP contribution in [0.15, 0.2) is 30.3 Å². The number of benzene rings is 2. The summed E-state index contributed by atoms with van der Waals surface area (Å²) in [4.78, 5) is 0. The van der Waals surface area contributed by atoms with E-state index in [1.165, 1.54) is 36.6 Å². The lowest BCUT2D eigenvalue weighted by Gasteiger charge is -2.17. The molecule has 0 saturated carbocycles. The molecule has 0 spiro atoms. The van der Waals surface area contributed by atoms with Gasteiger partial charge in [-0.05, 0) is 56.6 Å². The van der Waals surface area contributed by atoms with Crippen molar-refractivity contribution < 1.29 is 9.47 Å². The van der Waals surface area contributed by atoms with Crippen LogP contribution in [-0.2, 0) is 6.42 Å². The predicted octanol–water partition coefficient (Wildman–Crippen LogP) is 7.29.